The minimum Gasteiger partial charge on any atom is -0.493 e. The van der Waals surface area contributed by atoms with Crippen LogP contribution >= 0.6 is 0 Å². The number of nitro benzene ring substituents is 1. The van der Waals surface area contributed by atoms with Crippen LogP contribution in [0.2, 0.25) is 0 Å². The largest absolute Gasteiger partial charge is 0.493 e. The molecule has 0 fully saturated rings. The normalized spacial score (nSPS) is 10.4. The Bertz CT molecular complexity index is 401. The summed E-state index contributed by atoms with van der Waals surface area (Å²) in [5.41, 5.74) is -0.0183. The van der Waals surface area contributed by atoms with Gasteiger partial charge in [0.05, 0.1) is 18.1 Å². The van der Waals surface area contributed by atoms with Crippen molar-refractivity contribution in [1.82, 2.24) is 0 Å². The fourth-order valence-electron chi connectivity index (χ4n) is 1.12. The molecule has 1 rings (SSSR count). The van der Waals surface area contributed by atoms with Crippen LogP contribution in [0.1, 0.15) is 6.92 Å². The number of rotatable bonds is 5. The highest BCUT2D eigenvalue weighted by Crippen LogP contribution is 2.30. The summed E-state index contributed by atoms with van der Waals surface area (Å²) in [5.74, 6) is 0.852. The van der Waals surface area contributed by atoms with Crippen LogP contribution in [-0.2, 0) is 0 Å². The molecule has 0 radical (unpaired) electrons. The van der Waals surface area contributed by atoms with E-state index in [1.165, 1.54) is 25.3 Å². The van der Waals surface area contributed by atoms with E-state index in [9.17, 15) is 10.1 Å². The molecular formula is C11H13NO4. The van der Waals surface area contributed by atoms with Gasteiger partial charge in [-0.25, -0.2) is 0 Å². The summed E-state index contributed by atoms with van der Waals surface area (Å²) >= 11 is 0. The molecule has 1 aromatic carbocycles. The smallest absolute Gasteiger partial charge is 0.273 e. The highest BCUT2D eigenvalue weighted by Gasteiger charge is 2.11. The third kappa shape index (κ3) is 2.98. The lowest BCUT2D eigenvalue weighted by atomic mass is 10.3. The highest BCUT2D eigenvalue weighted by molar-refractivity contribution is 5.48. The van der Waals surface area contributed by atoms with E-state index < -0.39 is 4.92 Å². The Balaban J connectivity index is 2.88. The van der Waals surface area contributed by atoms with Crippen molar-refractivity contribution in [3.05, 3.63) is 40.5 Å². The Labute approximate surface area is 93.4 Å². The van der Waals surface area contributed by atoms with Crippen LogP contribution in [0.3, 0.4) is 0 Å². The number of hydrogen-bond acceptors (Lipinski definition) is 4. The molecule has 5 heteroatoms. The molecule has 0 N–H and O–H groups in total. The van der Waals surface area contributed by atoms with E-state index in [-0.39, 0.29) is 5.69 Å². The maximum atomic E-state index is 10.5. The van der Waals surface area contributed by atoms with Gasteiger partial charge in [0.25, 0.3) is 5.69 Å². The molecule has 5 nitrogen and oxygen atoms in total. The molecule has 0 aliphatic heterocycles. The summed E-state index contributed by atoms with van der Waals surface area (Å²) in [5, 5.41) is 10.5. The van der Waals surface area contributed by atoms with Crippen molar-refractivity contribution >= 4 is 5.69 Å². The quantitative estimate of drug-likeness (QED) is 0.437. The predicted octanol–water partition coefficient (Wildman–Crippen LogP) is 2.56. The van der Waals surface area contributed by atoms with Gasteiger partial charge in [-0.15, -0.1) is 0 Å². The zero-order valence-corrected chi connectivity index (χ0v) is 9.17. The van der Waals surface area contributed by atoms with Crippen molar-refractivity contribution < 1.29 is 14.4 Å². The Morgan fingerprint density at radius 1 is 1.44 bits per heavy atom. The first-order chi connectivity index (χ1) is 7.69. The van der Waals surface area contributed by atoms with Crippen LogP contribution in [0.4, 0.5) is 5.69 Å². The first-order valence-corrected chi connectivity index (χ1v) is 4.75. The fourth-order valence-corrected chi connectivity index (χ4v) is 1.12. The summed E-state index contributed by atoms with van der Waals surface area (Å²) in [6.07, 6.45) is 3.69. The molecule has 86 valence electrons. The Hall–Kier alpha value is -2.04. The zero-order valence-electron chi connectivity index (χ0n) is 9.17. The molecule has 0 amide bonds. The van der Waals surface area contributed by atoms with E-state index in [0.717, 1.165) is 0 Å². The average molecular weight is 223 g/mol. The Morgan fingerprint density at radius 2 is 2.19 bits per heavy atom. The number of nitrogens with zero attached hydrogens (tertiary/aromatic N) is 1. The Kier molecular flexibility index (Phi) is 4.32. The molecule has 0 unspecified atom stereocenters. The summed E-state index contributed by atoms with van der Waals surface area (Å²) < 4.78 is 10.4. The van der Waals surface area contributed by atoms with Gasteiger partial charge >= 0.3 is 0 Å². The van der Waals surface area contributed by atoms with Crippen LogP contribution in [0.25, 0.3) is 0 Å². The minimum absolute atomic E-state index is 0.0183. The number of allylic oxidation sites excluding steroid dienone is 1. The van der Waals surface area contributed by atoms with E-state index in [0.29, 0.717) is 18.1 Å². The number of ether oxygens (including phenoxy) is 2. The van der Waals surface area contributed by atoms with E-state index in [1.54, 1.807) is 0 Å². The van der Waals surface area contributed by atoms with Crippen molar-refractivity contribution in [2.45, 2.75) is 6.92 Å². The molecule has 0 aromatic heterocycles. The minimum atomic E-state index is -0.474. The third-order valence-corrected chi connectivity index (χ3v) is 1.93. The van der Waals surface area contributed by atoms with Crippen LogP contribution in [-0.4, -0.2) is 18.6 Å². The summed E-state index contributed by atoms with van der Waals surface area (Å²) in [4.78, 5) is 10.1. The van der Waals surface area contributed by atoms with Gasteiger partial charge in [-0.3, -0.25) is 10.1 Å². The van der Waals surface area contributed by atoms with Gasteiger partial charge in [-0.05, 0) is 13.0 Å². The lowest BCUT2D eigenvalue weighted by Gasteiger charge is -2.08. The Morgan fingerprint density at radius 3 is 2.75 bits per heavy atom. The second kappa shape index (κ2) is 5.75. The van der Waals surface area contributed by atoms with Gasteiger partial charge in [0.15, 0.2) is 11.5 Å². The average Bonchev–Trinajstić information content (AvgIpc) is 2.29. The van der Waals surface area contributed by atoms with Gasteiger partial charge < -0.3 is 9.47 Å². The first kappa shape index (κ1) is 12.0. The molecule has 0 spiro atoms. The third-order valence-electron chi connectivity index (χ3n) is 1.93. The van der Waals surface area contributed by atoms with Crippen LogP contribution in [0, 0.1) is 10.1 Å². The standard InChI is InChI=1S/C11H13NO4/c1-3-4-7-16-10-6-5-9(12(13)14)8-11(10)15-2/h3-6,8H,7H2,1-2H3/b4-3+. The highest BCUT2D eigenvalue weighted by atomic mass is 16.6. The SMILES string of the molecule is C/C=C/COc1ccc([N+](=O)[O-])cc1OC. The van der Waals surface area contributed by atoms with Crippen molar-refractivity contribution in [2.75, 3.05) is 13.7 Å². The van der Waals surface area contributed by atoms with Crippen molar-refractivity contribution in [2.24, 2.45) is 0 Å². The lowest BCUT2D eigenvalue weighted by Crippen LogP contribution is -1.97. The second-order valence-corrected chi connectivity index (χ2v) is 2.97. The van der Waals surface area contributed by atoms with Crippen LogP contribution in [0.15, 0.2) is 30.4 Å². The molecule has 0 saturated heterocycles. The van der Waals surface area contributed by atoms with Gasteiger partial charge in [-0.1, -0.05) is 12.2 Å². The molecular weight excluding hydrogens is 210 g/mol. The summed E-state index contributed by atoms with van der Waals surface area (Å²) in [6, 6.07) is 4.25. The molecule has 0 saturated carbocycles. The van der Waals surface area contributed by atoms with Crippen molar-refractivity contribution in [3.8, 4) is 11.5 Å². The molecule has 16 heavy (non-hydrogen) atoms. The molecule has 0 bridgehead atoms. The molecule has 0 aliphatic rings. The summed E-state index contributed by atoms with van der Waals surface area (Å²) in [6.45, 7) is 2.29. The molecule has 0 heterocycles. The number of hydrogen-bond donors (Lipinski definition) is 0. The van der Waals surface area contributed by atoms with E-state index in [1.807, 2.05) is 19.1 Å². The maximum absolute atomic E-state index is 10.5. The molecule has 1 aromatic rings. The fraction of sp³-hybridized carbons (Fsp3) is 0.273. The second-order valence-electron chi connectivity index (χ2n) is 2.97. The zero-order chi connectivity index (χ0) is 12.0. The van der Waals surface area contributed by atoms with E-state index >= 15 is 0 Å². The monoisotopic (exact) mass is 223 g/mol. The van der Waals surface area contributed by atoms with Gasteiger partial charge in [0.1, 0.15) is 6.61 Å². The van der Waals surface area contributed by atoms with Gasteiger partial charge in [0.2, 0.25) is 0 Å². The molecule has 0 atom stereocenters. The van der Waals surface area contributed by atoms with Gasteiger partial charge in [0, 0.05) is 6.07 Å². The van der Waals surface area contributed by atoms with Crippen LogP contribution in [0.5, 0.6) is 11.5 Å². The van der Waals surface area contributed by atoms with Crippen LogP contribution < -0.4 is 9.47 Å². The van der Waals surface area contributed by atoms with Crippen molar-refractivity contribution in [1.29, 1.82) is 0 Å². The maximum Gasteiger partial charge on any atom is 0.273 e. The predicted molar refractivity (Wildman–Crippen MR) is 60.0 cm³/mol. The first-order valence-electron chi connectivity index (χ1n) is 4.75. The van der Waals surface area contributed by atoms with E-state index in [4.69, 9.17) is 9.47 Å². The van der Waals surface area contributed by atoms with E-state index in [2.05, 4.69) is 0 Å². The number of methoxy groups -OCH3 is 1. The topological polar surface area (TPSA) is 61.6 Å². The summed E-state index contributed by atoms with van der Waals surface area (Å²) in [7, 11) is 1.45. The van der Waals surface area contributed by atoms with Gasteiger partial charge in [-0.2, -0.15) is 0 Å². The number of benzene rings is 1. The van der Waals surface area contributed by atoms with Crippen molar-refractivity contribution in [3.63, 3.8) is 0 Å². The number of non-ortho nitro benzene ring substituents is 1. The molecule has 0 aliphatic carbocycles. The lowest BCUT2D eigenvalue weighted by molar-refractivity contribution is -0.384. The number of nitro groups is 1.